The number of hydrogen-bond donors (Lipinski definition) is 1. The predicted octanol–water partition coefficient (Wildman–Crippen LogP) is 6.67. The number of hydrogen-bond acceptors (Lipinski definition) is 10. The topological polar surface area (TPSA) is 145 Å². The first-order chi connectivity index (χ1) is 17.3. The highest BCUT2D eigenvalue weighted by Gasteiger charge is 2.24. The van der Waals surface area contributed by atoms with E-state index in [1.54, 1.807) is 95.6 Å². The zero-order valence-electron chi connectivity index (χ0n) is 25.9. The van der Waals surface area contributed by atoms with Gasteiger partial charge >= 0.3 is 24.4 Å². The molecule has 1 N–H and O–H groups in total. The lowest BCUT2D eigenvalue weighted by Gasteiger charge is -2.24. The number of aliphatic imine (C=N–C) groups is 2. The fourth-order valence-corrected chi connectivity index (χ4v) is 2.78. The van der Waals surface area contributed by atoms with E-state index in [0.29, 0.717) is 0 Å². The molecule has 0 aromatic heterocycles. The minimum absolute atomic E-state index is 0.128. The third kappa shape index (κ3) is 23.2. The third-order valence-electron chi connectivity index (χ3n) is 3.10. The third-order valence-corrected chi connectivity index (χ3v) is 4.42. The number of ether oxygens (including phenoxy) is 4. The summed E-state index contributed by atoms with van der Waals surface area (Å²) in [5.74, 6) is 0. The number of amidine groups is 2. The zero-order valence-corrected chi connectivity index (χ0v) is 27.6. The van der Waals surface area contributed by atoms with Gasteiger partial charge in [0.05, 0.1) is 0 Å². The maximum Gasteiger partial charge on any atom is 0.436 e. The first kappa shape index (κ1) is 38.7. The molecule has 4 amide bonds. The number of rotatable bonds is 0. The second kappa shape index (κ2) is 15.9. The molecule has 0 radical (unpaired) electrons. The van der Waals surface area contributed by atoms with Crippen LogP contribution in [-0.4, -0.2) is 81.6 Å². The lowest BCUT2D eigenvalue weighted by Crippen LogP contribution is -2.37. The van der Waals surface area contributed by atoms with Crippen molar-refractivity contribution >= 4 is 58.2 Å². The van der Waals surface area contributed by atoms with E-state index in [9.17, 15) is 19.2 Å². The van der Waals surface area contributed by atoms with Gasteiger partial charge < -0.3 is 18.9 Å². The first-order valence-electron chi connectivity index (χ1n) is 12.0. The van der Waals surface area contributed by atoms with Crippen molar-refractivity contribution in [3.63, 3.8) is 0 Å². The highest BCUT2D eigenvalue weighted by Crippen LogP contribution is 2.14. The SMILES string of the molecule is CSC(=NC(=O)OC(C)(C)C)N(C)C(=O)OC(C)(C)C.CSC(=NC(=O)OC(C)(C)C)NC(=O)OC(C)(C)C. The maximum atomic E-state index is 11.9. The predicted molar refractivity (Wildman–Crippen MR) is 158 cm³/mol. The Bertz CT molecular complexity index is 909. The fourth-order valence-electron chi connectivity index (χ4n) is 1.91. The highest BCUT2D eigenvalue weighted by molar-refractivity contribution is 8.13. The second-order valence-corrected chi connectivity index (χ2v) is 13.4. The fraction of sp³-hybridized carbons (Fsp3) is 0.760. The molecule has 226 valence electrons. The molecule has 0 heterocycles. The van der Waals surface area contributed by atoms with Gasteiger partial charge in [-0.25, -0.2) is 19.2 Å². The quantitative estimate of drug-likeness (QED) is 0.183. The van der Waals surface area contributed by atoms with Crippen LogP contribution < -0.4 is 5.32 Å². The van der Waals surface area contributed by atoms with Crippen molar-refractivity contribution < 1.29 is 38.1 Å². The Morgan fingerprint density at radius 2 is 1.00 bits per heavy atom. The molecule has 0 aliphatic rings. The number of carbonyl (C=O) groups excluding carboxylic acids is 4. The molecular weight excluding hydrogens is 548 g/mol. The Labute approximate surface area is 241 Å². The minimum Gasteiger partial charge on any atom is -0.444 e. The van der Waals surface area contributed by atoms with Crippen LogP contribution in [-0.2, 0) is 18.9 Å². The monoisotopic (exact) mass is 594 g/mol. The molecule has 39 heavy (non-hydrogen) atoms. The van der Waals surface area contributed by atoms with Gasteiger partial charge in [0, 0.05) is 7.05 Å². The van der Waals surface area contributed by atoms with Crippen LogP contribution in [0.2, 0.25) is 0 Å². The molecule has 0 saturated heterocycles. The smallest absolute Gasteiger partial charge is 0.436 e. The summed E-state index contributed by atoms with van der Waals surface area (Å²) in [6.07, 6.45) is 0.661. The van der Waals surface area contributed by atoms with Crippen molar-refractivity contribution in [2.75, 3.05) is 19.6 Å². The molecule has 0 bridgehead atoms. The summed E-state index contributed by atoms with van der Waals surface area (Å²) >= 11 is 2.28. The molecule has 0 fully saturated rings. The molecule has 0 aliphatic carbocycles. The Balaban J connectivity index is 0. The number of amides is 4. The van der Waals surface area contributed by atoms with E-state index in [1.165, 1.54) is 11.9 Å². The van der Waals surface area contributed by atoms with E-state index in [1.807, 2.05) is 0 Å². The Morgan fingerprint density at radius 3 is 1.33 bits per heavy atom. The number of alkyl carbamates (subject to hydrolysis) is 1. The van der Waals surface area contributed by atoms with E-state index in [4.69, 9.17) is 18.9 Å². The van der Waals surface area contributed by atoms with E-state index in [2.05, 4.69) is 15.3 Å². The largest absolute Gasteiger partial charge is 0.444 e. The van der Waals surface area contributed by atoms with Crippen molar-refractivity contribution in [3.8, 4) is 0 Å². The van der Waals surface area contributed by atoms with Gasteiger partial charge in [0.25, 0.3) is 0 Å². The van der Waals surface area contributed by atoms with Gasteiger partial charge in [-0.15, -0.1) is 0 Å². The molecule has 0 unspecified atom stereocenters. The van der Waals surface area contributed by atoms with Crippen molar-refractivity contribution in [3.05, 3.63) is 0 Å². The van der Waals surface area contributed by atoms with Crippen LogP contribution in [0.25, 0.3) is 0 Å². The number of carbonyl (C=O) groups is 4. The summed E-state index contributed by atoms with van der Waals surface area (Å²) in [4.78, 5) is 55.1. The van der Waals surface area contributed by atoms with Crippen molar-refractivity contribution in [1.82, 2.24) is 10.2 Å². The van der Waals surface area contributed by atoms with Gasteiger partial charge in [0.2, 0.25) is 0 Å². The molecular formula is C25H46N4O8S2. The summed E-state index contributed by atoms with van der Waals surface area (Å²) < 4.78 is 20.4. The van der Waals surface area contributed by atoms with Crippen LogP contribution in [0.4, 0.5) is 19.2 Å². The molecule has 0 aromatic rings. The summed E-state index contributed by atoms with van der Waals surface area (Å²) in [5, 5.41) is 2.74. The molecule has 0 aliphatic heterocycles. The lowest BCUT2D eigenvalue weighted by atomic mass is 10.2. The molecule has 0 saturated carbocycles. The second-order valence-electron chi connectivity index (χ2n) is 11.8. The highest BCUT2D eigenvalue weighted by atomic mass is 32.2. The standard InChI is InChI=1S/C13H24N2O4S.C12H22N2O4S/c1-12(2,3)18-10(16)14-9(20-8)15(7)11(17)19-13(4,5)6;1-11(2,3)17-9(15)13-8(19-7)14-10(16)18-12(4,5)6/h1-8H3;1-7H3,(H,13,14,15,16). The molecule has 14 heteroatoms. The van der Waals surface area contributed by atoms with Gasteiger partial charge in [0.15, 0.2) is 10.3 Å². The van der Waals surface area contributed by atoms with Crippen molar-refractivity contribution in [2.24, 2.45) is 9.98 Å². The Hall–Kier alpha value is -2.48. The average Bonchev–Trinajstić information content (AvgIpc) is 2.65. The summed E-state index contributed by atoms with van der Waals surface area (Å²) in [5.41, 5.74) is -2.48. The molecule has 0 atom stereocenters. The number of nitrogens with zero attached hydrogens (tertiary/aromatic N) is 3. The van der Waals surface area contributed by atoms with E-state index in [0.717, 1.165) is 23.5 Å². The molecule has 0 rings (SSSR count). The number of nitrogens with one attached hydrogen (secondary N) is 1. The van der Waals surface area contributed by atoms with Crippen LogP contribution >= 0.6 is 23.5 Å². The maximum absolute atomic E-state index is 11.9. The Morgan fingerprint density at radius 1 is 0.615 bits per heavy atom. The normalized spacial score (nSPS) is 12.9. The van der Waals surface area contributed by atoms with Crippen LogP contribution in [0.15, 0.2) is 9.98 Å². The van der Waals surface area contributed by atoms with Crippen LogP contribution in [0.1, 0.15) is 83.1 Å². The molecule has 0 aromatic carbocycles. The Kier molecular flexibility index (Phi) is 15.8. The van der Waals surface area contributed by atoms with E-state index >= 15 is 0 Å². The first-order valence-corrected chi connectivity index (χ1v) is 14.4. The van der Waals surface area contributed by atoms with Gasteiger partial charge in [0.1, 0.15) is 22.4 Å². The van der Waals surface area contributed by atoms with Gasteiger partial charge in [-0.3, -0.25) is 10.2 Å². The van der Waals surface area contributed by atoms with Gasteiger partial charge in [-0.2, -0.15) is 9.98 Å². The van der Waals surface area contributed by atoms with E-state index in [-0.39, 0.29) is 10.3 Å². The zero-order chi connectivity index (χ0) is 31.4. The summed E-state index contributed by atoms with van der Waals surface area (Å²) in [7, 11) is 1.49. The molecule has 12 nitrogen and oxygen atoms in total. The molecule has 0 spiro atoms. The number of thioether (sulfide) groups is 2. The van der Waals surface area contributed by atoms with Crippen LogP contribution in [0.5, 0.6) is 0 Å². The van der Waals surface area contributed by atoms with Gasteiger partial charge in [-0.1, -0.05) is 23.5 Å². The van der Waals surface area contributed by atoms with Crippen molar-refractivity contribution in [2.45, 2.75) is 105 Å². The summed E-state index contributed by atoms with van der Waals surface area (Å²) in [6, 6.07) is 0. The van der Waals surface area contributed by atoms with Gasteiger partial charge in [-0.05, 0) is 95.6 Å². The summed E-state index contributed by atoms with van der Waals surface area (Å²) in [6.45, 7) is 21.0. The van der Waals surface area contributed by atoms with Crippen LogP contribution in [0.3, 0.4) is 0 Å². The van der Waals surface area contributed by atoms with Crippen molar-refractivity contribution in [1.29, 1.82) is 0 Å². The van der Waals surface area contributed by atoms with E-state index < -0.39 is 46.8 Å². The average molecular weight is 595 g/mol. The van der Waals surface area contributed by atoms with Crippen LogP contribution in [0, 0.1) is 0 Å². The minimum atomic E-state index is -0.757. The lowest BCUT2D eigenvalue weighted by molar-refractivity contribution is 0.0403.